The first-order valence-corrected chi connectivity index (χ1v) is 6.69. The molecule has 1 aliphatic carbocycles. The van der Waals surface area contributed by atoms with Crippen LogP contribution in [0.5, 0.6) is 5.75 Å². The van der Waals surface area contributed by atoms with Gasteiger partial charge < -0.3 is 10.1 Å². The highest BCUT2D eigenvalue weighted by Crippen LogP contribution is 2.23. The lowest BCUT2D eigenvalue weighted by molar-refractivity contribution is 0.412. The zero-order chi connectivity index (χ0) is 13.7. The number of aryl methyl sites for hydroxylation is 1. The first-order chi connectivity index (χ1) is 9.22. The van der Waals surface area contributed by atoms with E-state index in [9.17, 15) is 0 Å². The van der Waals surface area contributed by atoms with Gasteiger partial charge in [0.2, 0.25) is 5.96 Å². The number of ether oxygens (including phenoxy) is 1. The maximum atomic E-state index is 5.52. The van der Waals surface area contributed by atoms with Crippen LogP contribution in [0.4, 0.5) is 5.69 Å². The number of nitrogens with two attached hydrogens (primary N) is 1. The lowest BCUT2D eigenvalue weighted by Crippen LogP contribution is -2.37. The number of aliphatic imine (C=N–C) groups is 1. The topological polar surface area (TPSA) is 71.7 Å². The fourth-order valence-corrected chi connectivity index (χ4v) is 2.41. The largest absolute Gasteiger partial charge is 0.496 e. The second-order valence-corrected chi connectivity index (χ2v) is 4.87. The van der Waals surface area contributed by atoms with Crippen molar-refractivity contribution in [1.82, 2.24) is 5.43 Å². The molecule has 0 radical (unpaired) electrons. The van der Waals surface area contributed by atoms with Crippen molar-refractivity contribution in [2.45, 2.75) is 38.6 Å². The normalized spacial score (nSPS) is 16.5. The summed E-state index contributed by atoms with van der Waals surface area (Å²) < 4.78 is 5.24. The van der Waals surface area contributed by atoms with Crippen LogP contribution in [0.3, 0.4) is 0 Å². The first-order valence-electron chi connectivity index (χ1n) is 6.69. The molecule has 0 spiro atoms. The quantitative estimate of drug-likeness (QED) is 0.338. The fourth-order valence-electron chi connectivity index (χ4n) is 2.41. The summed E-state index contributed by atoms with van der Waals surface area (Å²) in [5.74, 6) is 7.02. The number of anilines is 1. The van der Waals surface area contributed by atoms with E-state index in [-0.39, 0.29) is 0 Å². The molecule has 0 saturated heterocycles. The van der Waals surface area contributed by atoms with Crippen molar-refractivity contribution in [2.75, 3.05) is 12.4 Å². The number of guanidine groups is 1. The molecule has 0 aliphatic heterocycles. The molecule has 0 unspecified atom stereocenters. The Kier molecular flexibility index (Phi) is 4.63. The molecule has 2 rings (SSSR count). The minimum absolute atomic E-state index is 0.387. The molecule has 0 bridgehead atoms. The van der Waals surface area contributed by atoms with Crippen LogP contribution < -0.4 is 21.3 Å². The first kappa shape index (κ1) is 13.7. The molecule has 104 valence electrons. The van der Waals surface area contributed by atoms with Crippen LogP contribution in [-0.4, -0.2) is 19.1 Å². The number of hydrogen-bond acceptors (Lipinski definition) is 3. The van der Waals surface area contributed by atoms with Gasteiger partial charge in [-0.1, -0.05) is 12.8 Å². The molecule has 0 atom stereocenters. The van der Waals surface area contributed by atoms with Gasteiger partial charge in [0, 0.05) is 5.69 Å². The number of rotatable bonds is 3. The number of hydrazine groups is 1. The van der Waals surface area contributed by atoms with Crippen molar-refractivity contribution >= 4 is 11.6 Å². The summed E-state index contributed by atoms with van der Waals surface area (Å²) in [6, 6.07) is 6.28. The Labute approximate surface area is 114 Å². The van der Waals surface area contributed by atoms with Gasteiger partial charge in [0.15, 0.2) is 0 Å². The molecule has 0 heterocycles. The Morgan fingerprint density at radius 1 is 1.37 bits per heavy atom. The summed E-state index contributed by atoms with van der Waals surface area (Å²) >= 11 is 0. The predicted molar refractivity (Wildman–Crippen MR) is 78.4 cm³/mol. The smallest absolute Gasteiger partial charge is 0.210 e. The molecular formula is C14H22N4O. The van der Waals surface area contributed by atoms with Gasteiger partial charge in [0.05, 0.1) is 13.2 Å². The Morgan fingerprint density at radius 2 is 2.11 bits per heavy atom. The number of benzene rings is 1. The van der Waals surface area contributed by atoms with E-state index in [1.165, 1.54) is 12.8 Å². The SMILES string of the molecule is COc1ccc(NC(=NC2CCCC2)NN)cc1C. The van der Waals surface area contributed by atoms with Gasteiger partial charge in [-0.25, -0.2) is 10.8 Å². The number of nitrogens with one attached hydrogen (secondary N) is 2. The molecule has 5 heteroatoms. The Morgan fingerprint density at radius 3 is 2.68 bits per heavy atom. The third-order valence-electron chi connectivity index (χ3n) is 3.43. The van der Waals surface area contributed by atoms with Gasteiger partial charge in [0.25, 0.3) is 0 Å². The molecule has 1 aromatic rings. The van der Waals surface area contributed by atoms with E-state index in [4.69, 9.17) is 10.6 Å². The van der Waals surface area contributed by atoms with E-state index in [2.05, 4.69) is 15.7 Å². The summed E-state index contributed by atoms with van der Waals surface area (Å²) in [6.45, 7) is 2.01. The molecular weight excluding hydrogens is 240 g/mol. The fraction of sp³-hybridized carbons (Fsp3) is 0.500. The van der Waals surface area contributed by atoms with Crippen molar-refractivity contribution in [1.29, 1.82) is 0 Å². The molecule has 0 aromatic heterocycles. The summed E-state index contributed by atoms with van der Waals surface area (Å²) in [7, 11) is 1.67. The highest BCUT2D eigenvalue weighted by Gasteiger charge is 2.14. The van der Waals surface area contributed by atoms with Gasteiger partial charge in [-0.2, -0.15) is 0 Å². The second-order valence-electron chi connectivity index (χ2n) is 4.87. The number of hydrogen-bond donors (Lipinski definition) is 3. The molecule has 1 saturated carbocycles. The molecule has 1 aliphatic rings. The van der Waals surface area contributed by atoms with Gasteiger partial charge in [-0.05, 0) is 43.5 Å². The van der Waals surface area contributed by atoms with Gasteiger partial charge in [0.1, 0.15) is 5.75 Å². The maximum absolute atomic E-state index is 5.52. The summed E-state index contributed by atoms with van der Waals surface area (Å²) in [4.78, 5) is 4.60. The molecule has 1 fully saturated rings. The van der Waals surface area contributed by atoms with Crippen molar-refractivity contribution in [3.63, 3.8) is 0 Å². The van der Waals surface area contributed by atoms with E-state index in [0.717, 1.165) is 29.8 Å². The van der Waals surface area contributed by atoms with Crippen molar-refractivity contribution < 1.29 is 4.74 Å². The van der Waals surface area contributed by atoms with Crippen molar-refractivity contribution in [3.8, 4) is 5.75 Å². The average molecular weight is 262 g/mol. The lowest BCUT2D eigenvalue weighted by atomic mass is 10.2. The number of methoxy groups -OCH3 is 1. The van der Waals surface area contributed by atoms with Crippen LogP contribution in [0.1, 0.15) is 31.2 Å². The third-order valence-corrected chi connectivity index (χ3v) is 3.43. The molecule has 5 nitrogen and oxygen atoms in total. The third kappa shape index (κ3) is 3.61. The van der Waals surface area contributed by atoms with Crippen LogP contribution >= 0.6 is 0 Å². The van der Waals surface area contributed by atoms with Crippen molar-refractivity contribution in [2.24, 2.45) is 10.8 Å². The molecule has 0 amide bonds. The maximum Gasteiger partial charge on any atom is 0.210 e. The van der Waals surface area contributed by atoms with Crippen molar-refractivity contribution in [3.05, 3.63) is 23.8 Å². The minimum Gasteiger partial charge on any atom is -0.496 e. The van der Waals surface area contributed by atoms with E-state index < -0.39 is 0 Å². The van der Waals surface area contributed by atoms with Gasteiger partial charge in [-0.3, -0.25) is 5.43 Å². The van der Waals surface area contributed by atoms with E-state index in [0.29, 0.717) is 12.0 Å². The molecule has 1 aromatic carbocycles. The predicted octanol–water partition coefficient (Wildman–Crippen LogP) is 2.18. The standard InChI is InChI=1S/C14H22N4O/c1-10-9-12(7-8-13(10)19-2)17-14(18-15)16-11-5-3-4-6-11/h7-9,11H,3-6,15H2,1-2H3,(H2,16,17,18). The number of nitrogens with zero attached hydrogens (tertiary/aromatic N) is 1. The Balaban J connectivity index is 2.07. The van der Waals surface area contributed by atoms with Crippen LogP contribution in [0.15, 0.2) is 23.2 Å². The van der Waals surface area contributed by atoms with E-state index in [1.54, 1.807) is 7.11 Å². The minimum atomic E-state index is 0.387. The lowest BCUT2D eigenvalue weighted by Gasteiger charge is -2.13. The van der Waals surface area contributed by atoms with Gasteiger partial charge in [-0.15, -0.1) is 0 Å². The summed E-state index contributed by atoms with van der Waals surface area (Å²) in [5.41, 5.74) is 4.66. The molecule has 4 N–H and O–H groups in total. The highest BCUT2D eigenvalue weighted by atomic mass is 16.5. The molecule has 19 heavy (non-hydrogen) atoms. The summed E-state index contributed by atoms with van der Waals surface area (Å²) in [6.07, 6.45) is 4.81. The zero-order valence-corrected chi connectivity index (χ0v) is 11.6. The van der Waals surface area contributed by atoms with E-state index in [1.807, 2.05) is 25.1 Å². The van der Waals surface area contributed by atoms with Crippen LogP contribution in [0, 0.1) is 6.92 Å². The van der Waals surface area contributed by atoms with Crippen LogP contribution in [0.25, 0.3) is 0 Å². The zero-order valence-electron chi connectivity index (χ0n) is 11.6. The van der Waals surface area contributed by atoms with Crippen LogP contribution in [-0.2, 0) is 0 Å². The highest BCUT2D eigenvalue weighted by molar-refractivity contribution is 5.93. The van der Waals surface area contributed by atoms with Gasteiger partial charge >= 0.3 is 0 Å². The van der Waals surface area contributed by atoms with Crippen LogP contribution in [0.2, 0.25) is 0 Å². The Bertz CT molecular complexity index is 453. The second kappa shape index (κ2) is 6.43. The van der Waals surface area contributed by atoms with E-state index >= 15 is 0 Å². The average Bonchev–Trinajstić information content (AvgIpc) is 2.91. The monoisotopic (exact) mass is 262 g/mol. The Hall–Kier alpha value is -1.75. The summed E-state index contributed by atoms with van der Waals surface area (Å²) in [5, 5.41) is 3.21.